The first kappa shape index (κ1) is 11.2. The number of furan rings is 1. The Morgan fingerprint density at radius 2 is 2.40 bits per heavy atom. The van der Waals surface area contributed by atoms with Crippen LogP contribution in [0.15, 0.2) is 16.5 Å². The molecule has 7 nitrogen and oxygen atoms in total. The van der Waals surface area contributed by atoms with Crippen molar-refractivity contribution in [2.75, 3.05) is 7.11 Å². The van der Waals surface area contributed by atoms with Crippen LogP contribution in [-0.2, 0) is 9.53 Å². The summed E-state index contributed by atoms with van der Waals surface area (Å²) >= 11 is 0. The lowest BCUT2D eigenvalue weighted by atomic mass is 10.2. The van der Waals surface area contributed by atoms with Crippen LogP contribution in [0.2, 0.25) is 0 Å². The number of nitrogens with two attached hydrogens (primary N) is 1. The third-order valence-electron chi connectivity index (χ3n) is 1.77. The number of esters is 1. The third kappa shape index (κ3) is 2.78. The maximum atomic E-state index is 10.9. The van der Waals surface area contributed by atoms with Gasteiger partial charge in [0.2, 0.25) is 0 Å². The highest BCUT2D eigenvalue weighted by molar-refractivity contribution is 5.70. The third-order valence-corrected chi connectivity index (χ3v) is 1.77. The van der Waals surface area contributed by atoms with E-state index in [9.17, 15) is 14.9 Å². The Labute approximate surface area is 85.0 Å². The lowest BCUT2D eigenvalue weighted by molar-refractivity contribution is -0.402. The number of hydrogen-bond donors (Lipinski definition) is 1. The van der Waals surface area contributed by atoms with Crippen LogP contribution < -0.4 is 5.73 Å². The Bertz CT molecular complexity index is 373. The van der Waals surface area contributed by atoms with E-state index in [1.807, 2.05) is 0 Å². The molecular formula is C8H10N2O5. The van der Waals surface area contributed by atoms with Crippen molar-refractivity contribution in [1.29, 1.82) is 0 Å². The van der Waals surface area contributed by atoms with Gasteiger partial charge in [0.15, 0.2) is 0 Å². The minimum absolute atomic E-state index is 0.0822. The van der Waals surface area contributed by atoms with E-state index in [1.165, 1.54) is 19.2 Å². The summed E-state index contributed by atoms with van der Waals surface area (Å²) in [5.41, 5.74) is 5.57. The smallest absolute Gasteiger partial charge is 0.433 e. The highest BCUT2D eigenvalue weighted by Gasteiger charge is 2.19. The minimum Gasteiger partial charge on any atom is -0.469 e. The van der Waals surface area contributed by atoms with Gasteiger partial charge in [0.05, 0.1) is 25.6 Å². The lowest BCUT2D eigenvalue weighted by Crippen LogP contribution is -2.15. The fraction of sp³-hybridized carbons (Fsp3) is 0.375. The Morgan fingerprint density at radius 1 is 1.73 bits per heavy atom. The molecule has 7 heteroatoms. The molecule has 0 aliphatic rings. The van der Waals surface area contributed by atoms with Gasteiger partial charge in [-0.05, 0) is 6.07 Å². The molecule has 0 bridgehead atoms. The number of nitro groups is 1. The molecule has 1 atom stereocenters. The standard InChI is InChI=1S/C8H10N2O5/c1-14-8(11)4-5(9)6-2-3-7(15-6)10(12)13/h2-3,5H,4,9H2,1H3. The van der Waals surface area contributed by atoms with Gasteiger partial charge in [-0.2, -0.15) is 0 Å². The van der Waals surface area contributed by atoms with Crippen LogP contribution in [-0.4, -0.2) is 18.0 Å². The van der Waals surface area contributed by atoms with Gasteiger partial charge in [-0.1, -0.05) is 0 Å². The van der Waals surface area contributed by atoms with Gasteiger partial charge >= 0.3 is 11.9 Å². The molecule has 0 aromatic carbocycles. The Hall–Kier alpha value is -1.89. The molecule has 0 fully saturated rings. The highest BCUT2D eigenvalue weighted by atomic mass is 16.6. The second kappa shape index (κ2) is 4.56. The van der Waals surface area contributed by atoms with Crippen LogP contribution >= 0.6 is 0 Å². The van der Waals surface area contributed by atoms with Crippen LogP contribution in [0, 0.1) is 10.1 Å². The van der Waals surface area contributed by atoms with Gasteiger partial charge in [-0.15, -0.1) is 0 Å². The number of hydrogen-bond acceptors (Lipinski definition) is 6. The van der Waals surface area contributed by atoms with E-state index < -0.39 is 22.8 Å². The molecule has 0 saturated carbocycles. The second-order valence-corrected chi connectivity index (χ2v) is 2.82. The predicted octanol–water partition coefficient (Wildman–Crippen LogP) is 0.751. The molecule has 2 N–H and O–H groups in total. The van der Waals surface area contributed by atoms with Crippen LogP contribution in [0.1, 0.15) is 18.2 Å². The quantitative estimate of drug-likeness (QED) is 0.450. The summed E-state index contributed by atoms with van der Waals surface area (Å²) in [7, 11) is 1.24. The second-order valence-electron chi connectivity index (χ2n) is 2.82. The zero-order valence-corrected chi connectivity index (χ0v) is 8.00. The first-order valence-corrected chi connectivity index (χ1v) is 4.11. The SMILES string of the molecule is COC(=O)CC(N)c1ccc([N+](=O)[O-])o1. The number of methoxy groups -OCH3 is 1. The van der Waals surface area contributed by atoms with Crippen LogP contribution in [0.25, 0.3) is 0 Å². The largest absolute Gasteiger partial charge is 0.469 e. The van der Waals surface area contributed by atoms with Gasteiger partial charge in [-0.3, -0.25) is 14.9 Å². The predicted molar refractivity (Wildman–Crippen MR) is 48.9 cm³/mol. The number of ether oxygens (including phenoxy) is 1. The molecule has 1 unspecified atom stereocenters. The molecule has 82 valence electrons. The molecule has 1 aromatic heterocycles. The van der Waals surface area contributed by atoms with Crippen molar-refractivity contribution in [3.63, 3.8) is 0 Å². The van der Waals surface area contributed by atoms with E-state index in [0.717, 1.165) is 0 Å². The summed E-state index contributed by atoms with van der Waals surface area (Å²) in [6.45, 7) is 0. The average molecular weight is 214 g/mol. The molecule has 0 amide bonds. The minimum atomic E-state index is -0.730. The van der Waals surface area contributed by atoms with Gasteiger partial charge in [-0.25, -0.2) is 0 Å². The number of carbonyl (C=O) groups excluding carboxylic acids is 1. The highest BCUT2D eigenvalue weighted by Crippen LogP contribution is 2.22. The normalized spacial score (nSPS) is 12.1. The maximum Gasteiger partial charge on any atom is 0.433 e. The molecule has 0 aliphatic carbocycles. The average Bonchev–Trinajstić information content (AvgIpc) is 2.66. The van der Waals surface area contributed by atoms with Gasteiger partial charge < -0.3 is 14.9 Å². The Morgan fingerprint density at radius 3 is 2.87 bits per heavy atom. The van der Waals surface area contributed by atoms with Crippen LogP contribution in [0.4, 0.5) is 5.88 Å². The van der Waals surface area contributed by atoms with Crippen molar-refractivity contribution in [1.82, 2.24) is 0 Å². The van der Waals surface area contributed by atoms with Crippen molar-refractivity contribution in [3.05, 3.63) is 28.0 Å². The lowest BCUT2D eigenvalue weighted by Gasteiger charge is -2.05. The number of rotatable bonds is 4. The summed E-state index contributed by atoms with van der Waals surface area (Å²) < 4.78 is 9.22. The van der Waals surface area contributed by atoms with Crippen LogP contribution in [0.5, 0.6) is 0 Å². The first-order chi connectivity index (χ1) is 7.04. The summed E-state index contributed by atoms with van der Waals surface area (Å²) in [6.07, 6.45) is -0.0822. The summed E-state index contributed by atoms with van der Waals surface area (Å²) in [5.74, 6) is -0.709. The molecule has 0 aliphatic heterocycles. The summed E-state index contributed by atoms with van der Waals surface area (Å²) in [6, 6.07) is 1.82. The Balaban J connectivity index is 2.69. The Kier molecular flexibility index (Phi) is 3.40. The number of carbonyl (C=O) groups is 1. The number of nitrogens with zero attached hydrogens (tertiary/aromatic N) is 1. The molecule has 0 saturated heterocycles. The zero-order chi connectivity index (χ0) is 11.4. The summed E-state index contributed by atoms with van der Waals surface area (Å²) in [5, 5.41) is 10.3. The van der Waals surface area contributed by atoms with E-state index in [1.54, 1.807) is 0 Å². The van der Waals surface area contributed by atoms with Crippen LogP contribution in [0.3, 0.4) is 0 Å². The van der Waals surface area contributed by atoms with Crippen molar-refractivity contribution in [3.8, 4) is 0 Å². The molecule has 1 aromatic rings. The molecule has 15 heavy (non-hydrogen) atoms. The molecule has 1 rings (SSSR count). The van der Waals surface area contributed by atoms with E-state index in [4.69, 9.17) is 10.2 Å². The van der Waals surface area contributed by atoms with E-state index in [-0.39, 0.29) is 12.2 Å². The fourth-order valence-corrected chi connectivity index (χ4v) is 1.00. The van der Waals surface area contributed by atoms with Crippen molar-refractivity contribution in [2.45, 2.75) is 12.5 Å². The van der Waals surface area contributed by atoms with Gasteiger partial charge in [0.25, 0.3) is 0 Å². The van der Waals surface area contributed by atoms with E-state index >= 15 is 0 Å². The van der Waals surface area contributed by atoms with Crippen molar-refractivity contribution >= 4 is 11.9 Å². The van der Waals surface area contributed by atoms with E-state index in [0.29, 0.717) is 0 Å². The molecular weight excluding hydrogens is 204 g/mol. The molecule has 1 heterocycles. The van der Waals surface area contributed by atoms with Crippen molar-refractivity contribution in [2.24, 2.45) is 5.73 Å². The van der Waals surface area contributed by atoms with E-state index in [2.05, 4.69) is 4.74 Å². The zero-order valence-electron chi connectivity index (χ0n) is 8.00. The molecule has 0 spiro atoms. The fourth-order valence-electron chi connectivity index (χ4n) is 1.00. The van der Waals surface area contributed by atoms with Gasteiger partial charge in [0.1, 0.15) is 10.7 Å². The van der Waals surface area contributed by atoms with Crippen molar-refractivity contribution < 1.29 is 18.9 Å². The molecule has 0 radical (unpaired) electrons. The summed E-state index contributed by atoms with van der Waals surface area (Å²) in [4.78, 5) is 20.5. The van der Waals surface area contributed by atoms with Gasteiger partial charge in [0, 0.05) is 0 Å². The maximum absolute atomic E-state index is 10.9. The first-order valence-electron chi connectivity index (χ1n) is 4.11. The monoisotopic (exact) mass is 214 g/mol. The topological polar surface area (TPSA) is 109 Å².